The van der Waals surface area contributed by atoms with Crippen molar-refractivity contribution in [1.82, 2.24) is 0 Å². The molecule has 0 radical (unpaired) electrons. The summed E-state index contributed by atoms with van der Waals surface area (Å²) in [6.07, 6.45) is 2.78. The van der Waals surface area contributed by atoms with E-state index in [0.29, 0.717) is 47.3 Å². The first-order chi connectivity index (χ1) is 12.2. The minimum Gasteiger partial charge on any atom is -0.481 e. The Labute approximate surface area is 160 Å². The van der Waals surface area contributed by atoms with E-state index >= 15 is 0 Å². The fraction of sp³-hybridized carbons (Fsp3) is 0.750. The van der Waals surface area contributed by atoms with Crippen molar-refractivity contribution in [1.29, 1.82) is 0 Å². The van der Waals surface area contributed by atoms with Gasteiger partial charge in [0, 0.05) is 0 Å². The lowest BCUT2D eigenvalue weighted by Crippen LogP contribution is -2.35. The molecule has 0 aromatic heterocycles. The first-order valence-electron chi connectivity index (χ1n) is 8.40. The molecule has 8 nitrogen and oxygen atoms in total. The summed E-state index contributed by atoms with van der Waals surface area (Å²) in [5, 5.41) is 34.7. The van der Waals surface area contributed by atoms with E-state index in [1.807, 2.05) is 13.8 Å². The Morgan fingerprint density at radius 2 is 0.962 bits per heavy atom. The van der Waals surface area contributed by atoms with Crippen molar-refractivity contribution >= 4 is 45.5 Å². The van der Waals surface area contributed by atoms with Crippen LogP contribution >= 0.6 is 21.6 Å². The number of rotatable bonds is 15. The van der Waals surface area contributed by atoms with E-state index in [1.165, 1.54) is 0 Å². The third-order valence-corrected chi connectivity index (χ3v) is 7.02. The second-order valence-corrected chi connectivity index (χ2v) is 8.44. The molecular weight excluding hydrogens is 384 g/mol. The van der Waals surface area contributed by atoms with Crippen molar-refractivity contribution in [3.8, 4) is 0 Å². The highest BCUT2D eigenvalue weighted by Gasteiger charge is 2.39. The van der Waals surface area contributed by atoms with Crippen LogP contribution in [0.15, 0.2) is 0 Å². The van der Waals surface area contributed by atoms with Gasteiger partial charge in [0.05, 0.1) is 11.8 Å². The van der Waals surface area contributed by atoms with Crippen molar-refractivity contribution in [2.75, 3.05) is 0 Å². The van der Waals surface area contributed by atoms with Crippen LogP contribution in [-0.4, -0.2) is 54.8 Å². The summed E-state index contributed by atoms with van der Waals surface area (Å²) in [5.74, 6) is -7.55. The SMILES string of the molecule is CCCCC(C(=O)O)C(SSC(C(=O)O)C(CCCC)C(=O)O)C(=O)O. The molecule has 0 heterocycles. The molecular formula is C16H26O8S2. The summed E-state index contributed by atoms with van der Waals surface area (Å²) in [7, 11) is 1.25. The van der Waals surface area contributed by atoms with Crippen LogP contribution in [0.1, 0.15) is 52.4 Å². The Bertz CT molecular complexity index is 453. The molecule has 4 unspecified atom stereocenters. The predicted molar refractivity (Wildman–Crippen MR) is 99.3 cm³/mol. The molecule has 0 saturated carbocycles. The number of hydrogen-bond acceptors (Lipinski definition) is 6. The summed E-state index contributed by atoms with van der Waals surface area (Å²) in [6, 6.07) is 0. The predicted octanol–water partition coefficient (Wildman–Crippen LogP) is 3.06. The fourth-order valence-corrected chi connectivity index (χ4v) is 5.53. The zero-order chi connectivity index (χ0) is 20.3. The average molecular weight is 411 g/mol. The van der Waals surface area contributed by atoms with Gasteiger partial charge in [0.1, 0.15) is 10.5 Å². The number of hydrogen-bond donors (Lipinski definition) is 4. The van der Waals surface area contributed by atoms with Gasteiger partial charge in [0.25, 0.3) is 0 Å². The molecule has 0 amide bonds. The quantitative estimate of drug-likeness (QED) is 0.297. The van der Waals surface area contributed by atoms with Gasteiger partial charge in [-0.2, -0.15) is 0 Å². The maximum Gasteiger partial charge on any atom is 0.318 e. The largest absolute Gasteiger partial charge is 0.481 e. The lowest BCUT2D eigenvalue weighted by Gasteiger charge is -2.23. The van der Waals surface area contributed by atoms with E-state index in [2.05, 4.69) is 0 Å². The summed E-state index contributed by atoms with van der Waals surface area (Å²) in [6.45, 7) is 3.70. The monoisotopic (exact) mass is 410 g/mol. The van der Waals surface area contributed by atoms with Gasteiger partial charge in [0.15, 0.2) is 0 Å². The highest BCUT2D eigenvalue weighted by atomic mass is 33.1. The second kappa shape index (κ2) is 12.9. The van der Waals surface area contributed by atoms with Crippen molar-refractivity contribution in [2.45, 2.75) is 62.9 Å². The van der Waals surface area contributed by atoms with E-state index in [-0.39, 0.29) is 12.8 Å². The van der Waals surface area contributed by atoms with Crippen LogP contribution in [0.3, 0.4) is 0 Å². The van der Waals surface area contributed by atoms with Gasteiger partial charge >= 0.3 is 23.9 Å². The molecule has 4 N–H and O–H groups in total. The Hall–Kier alpha value is -1.42. The highest BCUT2D eigenvalue weighted by molar-refractivity contribution is 8.77. The van der Waals surface area contributed by atoms with Gasteiger partial charge in [-0.15, -0.1) is 0 Å². The maximum atomic E-state index is 11.5. The summed E-state index contributed by atoms with van der Waals surface area (Å²) >= 11 is 0. The lowest BCUT2D eigenvalue weighted by atomic mass is 9.98. The molecule has 26 heavy (non-hydrogen) atoms. The van der Waals surface area contributed by atoms with Crippen LogP contribution < -0.4 is 0 Å². The molecule has 10 heteroatoms. The van der Waals surface area contributed by atoms with Crippen LogP contribution in [0, 0.1) is 11.8 Å². The third-order valence-electron chi connectivity index (χ3n) is 3.85. The fourth-order valence-electron chi connectivity index (χ4n) is 2.34. The number of aliphatic carboxylic acids is 4. The van der Waals surface area contributed by atoms with Crippen LogP contribution in [0.2, 0.25) is 0 Å². The molecule has 0 aliphatic heterocycles. The van der Waals surface area contributed by atoms with Gasteiger partial charge in [-0.25, -0.2) is 0 Å². The zero-order valence-electron chi connectivity index (χ0n) is 14.8. The van der Waals surface area contributed by atoms with Gasteiger partial charge in [0.2, 0.25) is 0 Å². The molecule has 0 aliphatic carbocycles. The average Bonchev–Trinajstić information content (AvgIpc) is 2.54. The molecule has 0 rings (SSSR count). The van der Waals surface area contributed by atoms with E-state index in [4.69, 9.17) is 0 Å². The minimum absolute atomic E-state index is 0.159. The topological polar surface area (TPSA) is 149 Å². The Balaban J connectivity index is 5.29. The summed E-state index contributed by atoms with van der Waals surface area (Å²) in [5.41, 5.74) is 0. The molecule has 0 aromatic rings. The normalized spacial score (nSPS) is 15.6. The standard InChI is InChI=1S/C16H26O8S2/c1-3-5-7-9(13(17)18)11(15(21)22)25-26-12(16(23)24)10(14(19)20)8-6-4-2/h9-12H,3-8H2,1-2H3,(H,17,18)(H,19,20)(H,21,22)(H,23,24). The molecule has 0 spiro atoms. The van der Waals surface area contributed by atoms with Gasteiger partial charge in [-0.05, 0) is 12.8 Å². The van der Waals surface area contributed by atoms with Crippen molar-refractivity contribution in [3.05, 3.63) is 0 Å². The van der Waals surface area contributed by atoms with Crippen LogP contribution in [0.5, 0.6) is 0 Å². The summed E-state index contributed by atoms with van der Waals surface area (Å²) < 4.78 is 0. The van der Waals surface area contributed by atoms with Crippen molar-refractivity contribution in [2.24, 2.45) is 11.8 Å². The zero-order valence-corrected chi connectivity index (χ0v) is 16.4. The molecule has 4 atom stereocenters. The number of unbranched alkanes of at least 4 members (excludes halogenated alkanes) is 2. The molecule has 0 saturated heterocycles. The Morgan fingerprint density at radius 1 is 0.654 bits per heavy atom. The lowest BCUT2D eigenvalue weighted by molar-refractivity contribution is -0.147. The smallest absolute Gasteiger partial charge is 0.318 e. The molecule has 0 aliphatic rings. The van der Waals surface area contributed by atoms with Crippen LogP contribution in [0.4, 0.5) is 0 Å². The molecule has 0 bridgehead atoms. The first-order valence-corrected chi connectivity index (χ1v) is 10.7. The second-order valence-electron chi connectivity index (χ2n) is 5.88. The molecule has 150 valence electrons. The van der Waals surface area contributed by atoms with Gasteiger partial charge < -0.3 is 20.4 Å². The number of carboxylic acid groups (broad SMARTS) is 4. The van der Waals surface area contributed by atoms with Crippen molar-refractivity contribution < 1.29 is 39.6 Å². The van der Waals surface area contributed by atoms with E-state index < -0.39 is 46.2 Å². The Morgan fingerprint density at radius 3 is 1.15 bits per heavy atom. The number of carboxylic acids is 4. The first kappa shape index (κ1) is 24.6. The molecule has 0 aromatic carbocycles. The van der Waals surface area contributed by atoms with Gasteiger partial charge in [-0.3, -0.25) is 19.2 Å². The Kier molecular flexibility index (Phi) is 12.2. The minimum atomic E-state index is -1.36. The maximum absolute atomic E-state index is 11.5. The van der Waals surface area contributed by atoms with Gasteiger partial charge in [-0.1, -0.05) is 61.1 Å². The van der Waals surface area contributed by atoms with E-state index in [1.54, 1.807) is 0 Å². The third kappa shape index (κ3) is 8.31. The molecule has 0 fully saturated rings. The summed E-state index contributed by atoms with van der Waals surface area (Å²) in [4.78, 5) is 45.8. The van der Waals surface area contributed by atoms with Crippen LogP contribution in [-0.2, 0) is 19.2 Å². The van der Waals surface area contributed by atoms with E-state index in [0.717, 1.165) is 0 Å². The number of carbonyl (C=O) groups is 4. The van der Waals surface area contributed by atoms with Crippen LogP contribution in [0.25, 0.3) is 0 Å². The highest BCUT2D eigenvalue weighted by Crippen LogP contribution is 2.40. The van der Waals surface area contributed by atoms with E-state index in [9.17, 15) is 39.6 Å². The van der Waals surface area contributed by atoms with Crippen molar-refractivity contribution in [3.63, 3.8) is 0 Å².